The number of nitrogens with zero attached hydrogens (tertiary/aromatic N) is 2. The van der Waals surface area contributed by atoms with Crippen molar-refractivity contribution in [2.45, 2.75) is 50.3 Å². The summed E-state index contributed by atoms with van der Waals surface area (Å²) in [6.45, 7) is 4.33. The standard InChI is InChI=1S/C27H35ClN2O5S/c1-21-17-23(9-12-25(21)28)35-20-27(18-26(31)29-14-4-3-5-15-29)13-6-16-30(19-27)36(32,33)24-10-7-22(34-2)8-11-24/h7-12,17H,3-6,13-16,18-20H2,1-2H3. The van der Waals surface area contributed by atoms with Crippen LogP contribution in [0.4, 0.5) is 0 Å². The Bertz CT molecular complexity index is 1170. The molecular formula is C27H35ClN2O5S. The Morgan fingerprint density at radius 2 is 1.69 bits per heavy atom. The van der Waals surface area contributed by atoms with Crippen molar-refractivity contribution in [3.8, 4) is 11.5 Å². The number of carbonyl (C=O) groups excluding carboxylic acids is 1. The molecule has 7 nitrogen and oxygen atoms in total. The molecule has 2 saturated heterocycles. The summed E-state index contributed by atoms with van der Waals surface area (Å²) in [5, 5.41) is 0.659. The number of likely N-dealkylation sites (tertiary alicyclic amines) is 1. The number of ether oxygens (including phenoxy) is 2. The molecule has 0 saturated carbocycles. The fourth-order valence-electron chi connectivity index (χ4n) is 5.10. The SMILES string of the molecule is COc1ccc(S(=O)(=O)N2CCCC(COc3ccc(Cl)c(C)c3)(CC(=O)N3CCCCC3)C2)cc1. The highest BCUT2D eigenvalue weighted by atomic mass is 35.5. The molecule has 0 spiro atoms. The third-order valence-electron chi connectivity index (χ3n) is 7.23. The van der Waals surface area contributed by atoms with Crippen LogP contribution in [-0.2, 0) is 14.8 Å². The fourth-order valence-corrected chi connectivity index (χ4v) is 6.81. The molecule has 2 aliphatic heterocycles. The van der Waals surface area contributed by atoms with E-state index in [0.29, 0.717) is 35.9 Å². The molecule has 2 aromatic carbocycles. The van der Waals surface area contributed by atoms with E-state index >= 15 is 0 Å². The number of sulfonamides is 1. The van der Waals surface area contributed by atoms with Crippen LogP contribution in [0.1, 0.15) is 44.1 Å². The second-order valence-corrected chi connectivity index (χ2v) is 12.3. The van der Waals surface area contributed by atoms with E-state index in [-0.39, 0.29) is 30.4 Å². The van der Waals surface area contributed by atoms with E-state index in [1.54, 1.807) is 37.4 Å². The fraction of sp³-hybridized carbons (Fsp3) is 0.519. The van der Waals surface area contributed by atoms with Gasteiger partial charge < -0.3 is 14.4 Å². The summed E-state index contributed by atoms with van der Waals surface area (Å²) in [6, 6.07) is 11.9. The van der Waals surface area contributed by atoms with Gasteiger partial charge in [0.15, 0.2) is 0 Å². The minimum absolute atomic E-state index is 0.0780. The van der Waals surface area contributed by atoms with E-state index in [4.69, 9.17) is 21.1 Å². The van der Waals surface area contributed by atoms with Gasteiger partial charge in [-0.1, -0.05) is 11.6 Å². The summed E-state index contributed by atoms with van der Waals surface area (Å²) in [5.41, 5.74) is 0.278. The third kappa shape index (κ3) is 6.15. The van der Waals surface area contributed by atoms with E-state index in [2.05, 4.69) is 0 Å². The number of aryl methyl sites for hydroxylation is 1. The number of rotatable bonds is 8. The van der Waals surface area contributed by atoms with E-state index in [9.17, 15) is 13.2 Å². The molecular weight excluding hydrogens is 500 g/mol. The summed E-state index contributed by atoms with van der Waals surface area (Å²) in [4.78, 5) is 15.5. The van der Waals surface area contributed by atoms with Crippen LogP contribution in [-0.4, -0.2) is 63.4 Å². The molecule has 2 heterocycles. The molecule has 2 aliphatic rings. The highest BCUT2D eigenvalue weighted by Crippen LogP contribution is 2.38. The number of amides is 1. The molecule has 2 aromatic rings. The molecule has 0 aromatic heterocycles. The smallest absolute Gasteiger partial charge is 0.243 e. The maximum absolute atomic E-state index is 13.6. The lowest BCUT2D eigenvalue weighted by molar-refractivity contribution is -0.136. The van der Waals surface area contributed by atoms with Gasteiger partial charge in [0.2, 0.25) is 15.9 Å². The van der Waals surface area contributed by atoms with Crippen LogP contribution in [0.25, 0.3) is 0 Å². The topological polar surface area (TPSA) is 76.1 Å². The van der Waals surface area contributed by atoms with Crippen molar-refractivity contribution < 1.29 is 22.7 Å². The predicted octanol–water partition coefficient (Wildman–Crippen LogP) is 4.91. The van der Waals surface area contributed by atoms with Gasteiger partial charge in [0, 0.05) is 43.0 Å². The number of halogens is 1. The zero-order valence-electron chi connectivity index (χ0n) is 21.0. The molecule has 36 heavy (non-hydrogen) atoms. The first-order valence-corrected chi connectivity index (χ1v) is 14.4. The summed E-state index contributed by atoms with van der Waals surface area (Å²) in [5.74, 6) is 1.34. The summed E-state index contributed by atoms with van der Waals surface area (Å²) < 4.78 is 40.0. The van der Waals surface area contributed by atoms with Crippen molar-refractivity contribution in [1.82, 2.24) is 9.21 Å². The summed E-state index contributed by atoms with van der Waals surface area (Å²) in [6.07, 6.45) is 4.80. The number of hydrogen-bond donors (Lipinski definition) is 0. The second kappa shape index (κ2) is 11.4. The number of methoxy groups -OCH3 is 1. The van der Waals surface area contributed by atoms with Crippen molar-refractivity contribution in [3.05, 3.63) is 53.1 Å². The third-order valence-corrected chi connectivity index (χ3v) is 9.52. The average Bonchev–Trinajstić information content (AvgIpc) is 2.90. The number of carbonyl (C=O) groups is 1. The molecule has 4 rings (SSSR count). The van der Waals surface area contributed by atoms with Crippen molar-refractivity contribution >= 4 is 27.5 Å². The molecule has 0 bridgehead atoms. The van der Waals surface area contributed by atoms with Crippen molar-refractivity contribution in [2.75, 3.05) is 39.9 Å². The monoisotopic (exact) mass is 534 g/mol. The van der Waals surface area contributed by atoms with Crippen molar-refractivity contribution in [2.24, 2.45) is 5.41 Å². The Balaban J connectivity index is 1.58. The highest BCUT2D eigenvalue weighted by Gasteiger charge is 2.43. The van der Waals surface area contributed by atoms with Gasteiger partial charge in [-0.3, -0.25) is 4.79 Å². The molecule has 1 unspecified atom stereocenters. The second-order valence-electron chi connectivity index (χ2n) is 9.94. The largest absolute Gasteiger partial charge is 0.497 e. The molecule has 1 atom stereocenters. The highest BCUT2D eigenvalue weighted by molar-refractivity contribution is 7.89. The zero-order valence-corrected chi connectivity index (χ0v) is 22.6. The first-order chi connectivity index (χ1) is 17.2. The summed E-state index contributed by atoms with van der Waals surface area (Å²) >= 11 is 6.17. The maximum Gasteiger partial charge on any atom is 0.243 e. The van der Waals surface area contributed by atoms with Gasteiger partial charge in [-0.2, -0.15) is 4.31 Å². The molecule has 0 aliphatic carbocycles. The van der Waals surface area contributed by atoms with Gasteiger partial charge in [-0.15, -0.1) is 0 Å². The first kappa shape index (κ1) is 26.8. The zero-order chi connectivity index (χ0) is 25.8. The minimum Gasteiger partial charge on any atom is -0.497 e. The van der Waals surface area contributed by atoms with Crippen LogP contribution in [0.2, 0.25) is 5.02 Å². The number of hydrogen-bond acceptors (Lipinski definition) is 5. The predicted molar refractivity (Wildman–Crippen MR) is 140 cm³/mol. The van der Waals surface area contributed by atoms with Gasteiger partial charge in [-0.25, -0.2) is 8.42 Å². The first-order valence-electron chi connectivity index (χ1n) is 12.5. The van der Waals surface area contributed by atoms with E-state index in [1.165, 1.54) is 4.31 Å². The lowest BCUT2D eigenvalue weighted by atomic mass is 9.78. The Morgan fingerprint density at radius 1 is 1.00 bits per heavy atom. The number of piperidine rings is 2. The van der Waals surface area contributed by atoms with Crippen LogP contribution in [0.5, 0.6) is 11.5 Å². The normalized spacial score (nSPS) is 21.2. The quantitative estimate of drug-likeness (QED) is 0.481. The van der Waals surface area contributed by atoms with Gasteiger partial charge in [-0.05, 0) is 87.1 Å². The van der Waals surface area contributed by atoms with E-state index in [1.807, 2.05) is 24.0 Å². The maximum atomic E-state index is 13.6. The van der Waals surface area contributed by atoms with Crippen LogP contribution >= 0.6 is 11.6 Å². The van der Waals surface area contributed by atoms with Crippen LogP contribution in [0.3, 0.4) is 0 Å². The van der Waals surface area contributed by atoms with Gasteiger partial charge in [0.25, 0.3) is 0 Å². The molecule has 0 radical (unpaired) electrons. The Morgan fingerprint density at radius 3 is 2.36 bits per heavy atom. The van der Waals surface area contributed by atoms with E-state index in [0.717, 1.165) is 37.9 Å². The van der Waals surface area contributed by atoms with Crippen molar-refractivity contribution in [3.63, 3.8) is 0 Å². The molecule has 196 valence electrons. The molecule has 9 heteroatoms. The van der Waals surface area contributed by atoms with Crippen molar-refractivity contribution in [1.29, 1.82) is 0 Å². The minimum atomic E-state index is -3.73. The lowest BCUT2D eigenvalue weighted by Crippen LogP contribution is -2.51. The van der Waals surface area contributed by atoms with Gasteiger partial charge >= 0.3 is 0 Å². The Labute approximate surface area is 219 Å². The lowest BCUT2D eigenvalue weighted by Gasteiger charge is -2.42. The van der Waals surface area contributed by atoms with Gasteiger partial charge in [0.1, 0.15) is 11.5 Å². The van der Waals surface area contributed by atoms with Crippen LogP contribution in [0.15, 0.2) is 47.4 Å². The van der Waals surface area contributed by atoms with E-state index < -0.39 is 15.4 Å². The Kier molecular flexibility index (Phi) is 8.48. The van der Waals surface area contributed by atoms with Gasteiger partial charge in [0.05, 0.1) is 18.6 Å². The number of benzene rings is 2. The average molecular weight is 535 g/mol. The molecule has 0 N–H and O–H groups in total. The van der Waals surface area contributed by atoms with Crippen LogP contribution in [0, 0.1) is 12.3 Å². The summed E-state index contributed by atoms with van der Waals surface area (Å²) in [7, 11) is -2.19. The van der Waals surface area contributed by atoms with Crippen LogP contribution < -0.4 is 9.47 Å². The Hall–Kier alpha value is -2.29. The molecule has 2 fully saturated rings. The molecule has 1 amide bonds.